The predicted molar refractivity (Wildman–Crippen MR) is 64.7 cm³/mol. The predicted octanol–water partition coefficient (Wildman–Crippen LogP) is 2.09. The Balaban J connectivity index is 2.69. The quantitative estimate of drug-likeness (QED) is 0.618. The van der Waals surface area contributed by atoms with Gasteiger partial charge in [-0.05, 0) is 30.2 Å². The van der Waals surface area contributed by atoms with Crippen LogP contribution in [0.1, 0.15) is 17.2 Å². The van der Waals surface area contributed by atoms with Crippen molar-refractivity contribution in [2.45, 2.75) is 19.1 Å². The van der Waals surface area contributed by atoms with Crippen LogP contribution in [-0.4, -0.2) is 26.5 Å². The van der Waals surface area contributed by atoms with E-state index in [-0.39, 0.29) is 6.61 Å². The smallest absolute Gasteiger partial charge is 0.411 e. The molecule has 0 amide bonds. The zero-order valence-electron chi connectivity index (χ0n) is 10.8. The van der Waals surface area contributed by atoms with Gasteiger partial charge >= 0.3 is 6.18 Å². The molecule has 1 aromatic rings. The van der Waals surface area contributed by atoms with Crippen LogP contribution < -0.4 is 16.0 Å². The molecule has 0 spiro atoms. The molecule has 0 aromatic heterocycles. The number of nitrogens with two attached hydrogens (primary N) is 1. The molecule has 1 unspecified atom stereocenters. The molecule has 1 rings (SSSR count). The average Bonchev–Trinajstić information content (AvgIpc) is 2.34. The standard InChI is InChI=1S/C12H17F3N2O2/c1-8-5-9(18-2)3-4-10(8)11(17-16)6-19-7-12(13,14)15/h3-5,11,17H,6-7,16H2,1-2H3. The molecule has 4 nitrogen and oxygen atoms in total. The van der Waals surface area contributed by atoms with Crippen molar-refractivity contribution in [1.29, 1.82) is 0 Å². The molecule has 0 fully saturated rings. The van der Waals surface area contributed by atoms with E-state index in [4.69, 9.17) is 10.6 Å². The zero-order valence-corrected chi connectivity index (χ0v) is 10.8. The third-order valence-corrected chi connectivity index (χ3v) is 2.60. The van der Waals surface area contributed by atoms with Crippen molar-refractivity contribution in [2.24, 2.45) is 5.84 Å². The van der Waals surface area contributed by atoms with Crippen molar-refractivity contribution in [3.63, 3.8) is 0 Å². The molecule has 108 valence electrons. The fourth-order valence-corrected chi connectivity index (χ4v) is 1.69. The van der Waals surface area contributed by atoms with Gasteiger partial charge < -0.3 is 9.47 Å². The second kappa shape index (κ2) is 6.74. The Morgan fingerprint density at radius 1 is 1.37 bits per heavy atom. The molecule has 0 saturated carbocycles. The second-order valence-corrected chi connectivity index (χ2v) is 4.07. The molecule has 0 aliphatic heterocycles. The number of hydrazine groups is 1. The molecule has 1 aromatic carbocycles. The first-order valence-corrected chi connectivity index (χ1v) is 5.62. The highest BCUT2D eigenvalue weighted by Crippen LogP contribution is 2.23. The minimum absolute atomic E-state index is 0.164. The summed E-state index contributed by atoms with van der Waals surface area (Å²) < 4.78 is 45.7. The first-order chi connectivity index (χ1) is 8.87. The number of methoxy groups -OCH3 is 1. The molecule has 0 radical (unpaired) electrons. The maximum Gasteiger partial charge on any atom is 0.411 e. The van der Waals surface area contributed by atoms with Gasteiger partial charge in [0, 0.05) is 0 Å². The molecule has 7 heteroatoms. The number of aryl methyl sites for hydroxylation is 1. The average molecular weight is 278 g/mol. The van der Waals surface area contributed by atoms with Crippen LogP contribution in [0.15, 0.2) is 18.2 Å². The molecule has 1 atom stereocenters. The Labute approximate surface area is 109 Å². The van der Waals surface area contributed by atoms with Gasteiger partial charge in [0.1, 0.15) is 12.4 Å². The van der Waals surface area contributed by atoms with Crippen LogP contribution in [0.5, 0.6) is 5.75 Å². The number of benzene rings is 1. The van der Waals surface area contributed by atoms with Crippen LogP contribution >= 0.6 is 0 Å². The van der Waals surface area contributed by atoms with Crippen molar-refractivity contribution in [2.75, 3.05) is 20.3 Å². The van der Waals surface area contributed by atoms with E-state index in [2.05, 4.69) is 10.2 Å². The van der Waals surface area contributed by atoms with Crippen LogP contribution in [0, 0.1) is 6.92 Å². The van der Waals surface area contributed by atoms with Crippen molar-refractivity contribution in [3.8, 4) is 5.75 Å². The molecule has 0 aliphatic carbocycles. The van der Waals surface area contributed by atoms with Gasteiger partial charge in [-0.25, -0.2) is 0 Å². The maximum absolute atomic E-state index is 12.0. The Hall–Kier alpha value is -1.31. The van der Waals surface area contributed by atoms with Crippen LogP contribution in [0.25, 0.3) is 0 Å². The lowest BCUT2D eigenvalue weighted by atomic mass is 10.0. The van der Waals surface area contributed by atoms with E-state index in [1.807, 2.05) is 6.92 Å². The number of nitrogens with one attached hydrogen (secondary N) is 1. The third-order valence-electron chi connectivity index (χ3n) is 2.60. The topological polar surface area (TPSA) is 56.5 Å². The number of rotatable bonds is 6. The van der Waals surface area contributed by atoms with E-state index in [0.29, 0.717) is 5.75 Å². The number of ether oxygens (including phenoxy) is 2. The largest absolute Gasteiger partial charge is 0.497 e. The van der Waals surface area contributed by atoms with Crippen molar-refractivity contribution in [3.05, 3.63) is 29.3 Å². The summed E-state index contributed by atoms with van der Waals surface area (Å²) in [5, 5.41) is 0. The summed E-state index contributed by atoms with van der Waals surface area (Å²) in [6.45, 7) is 0.371. The highest BCUT2D eigenvalue weighted by molar-refractivity contribution is 5.36. The molecule has 0 aliphatic rings. The Kier molecular flexibility index (Phi) is 5.59. The van der Waals surface area contributed by atoms with Gasteiger partial charge in [0.15, 0.2) is 0 Å². The second-order valence-electron chi connectivity index (χ2n) is 4.07. The van der Waals surface area contributed by atoms with E-state index in [9.17, 15) is 13.2 Å². The first kappa shape index (κ1) is 15.7. The zero-order chi connectivity index (χ0) is 14.5. The minimum Gasteiger partial charge on any atom is -0.497 e. The van der Waals surface area contributed by atoms with Gasteiger partial charge in [0.25, 0.3) is 0 Å². The van der Waals surface area contributed by atoms with Crippen molar-refractivity contribution >= 4 is 0 Å². The minimum atomic E-state index is -4.34. The lowest BCUT2D eigenvalue weighted by Gasteiger charge is -2.19. The maximum atomic E-state index is 12.0. The van der Waals surface area contributed by atoms with Gasteiger partial charge in [0.05, 0.1) is 19.8 Å². The molecule has 0 bridgehead atoms. The number of alkyl halides is 3. The number of hydrogen-bond donors (Lipinski definition) is 2. The lowest BCUT2D eigenvalue weighted by Crippen LogP contribution is -2.33. The monoisotopic (exact) mass is 278 g/mol. The SMILES string of the molecule is COc1ccc(C(COCC(F)(F)F)NN)c(C)c1. The first-order valence-electron chi connectivity index (χ1n) is 5.62. The summed E-state index contributed by atoms with van der Waals surface area (Å²) >= 11 is 0. The van der Waals surface area contributed by atoms with Crippen molar-refractivity contribution in [1.82, 2.24) is 5.43 Å². The van der Waals surface area contributed by atoms with E-state index < -0.39 is 18.8 Å². The summed E-state index contributed by atoms with van der Waals surface area (Å²) in [5.41, 5.74) is 4.08. The summed E-state index contributed by atoms with van der Waals surface area (Å²) in [6.07, 6.45) is -4.34. The third kappa shape index (κ3) is 5.06. The molecular weight excluding hydrogens is 261 g/mol. The fraction of sp³-hybridized carbons (Fsp3) is 0.500. The van der Waals surface area contributed by atoms with Crippen LogP contribution in [0.3, 0.4) is 0 Å². The number of halogens is 3. The highest BCUT2D eigenvalue weighted by atomic mass is 19.4. The van der Waals surface area contributed by atoms with Gasteiger partial charge in [-0.3, -0.25) is 11.3 Å². The van der Waals surface area contributed by atoms with E-state index in [1.165, 1.54) is 0 Å². The molecular formula is C12H17F3N2O2. The number of hydrogen-bond acceptors (Lipinski definition) is 4. The molecule has 3 N–H and O–H groups in total. The van der Waals surface area contributed by atoms with Crippen LogP contribution in [-0.2, 0) is 4.74 Å². The van der Waals surface area contributed by atoms with E-state index in [1.54, 1.807) is 25.3 Å². The molecule has 0 saturated heterocycles. The van der Waals surface area contributed by atoms with Crippen molar-refractivity contribution < 1.29 is 22.6 Å². The normalized spacial score (nSPS) is 13.4. The van der Waals surface area contributed by atoms with Crippen LogP contribution in [0.4, 0.5) is 13.2 Å². The van der Waals surface area contributed by atoms with E-state index >= 15 is 0 Å². The Bertz CT molecular complexity index is 410. The fourth-order valence-electron chi connectivity index (χ4n) is 1.69. The summed E-state index contributed by atoms with van der Waals surface area (Å²) in [6, 6.07) is 4.74. The summed E-state index contributed by atoms with van der Waals surface area (Å²) in [4.78, 5) is 0. The van der Waals surface area contributed by atoms with Gasteiger partial charge in [0.2, 0.25) is 0 Å². The lowest BCUT2D eigenvalue weighted by molar-refractivity contribution is -0.175. The Morgan fingerprint density at radius 3 is 2.53 bits per heavy atom. The Morgan fingerprint density at radius 2 is 2.05 bits per heavy atom. The summed E-state index contributed by atoms with van der Waals surface area (Å²) in [5.74, 6) is 6.03. The molecule has 19 heavy (non-hydrogen) atoms. The molecule has 0 heterocycles. The highest BCUT2D eigenvalue weighted by Gasteiger charge is 2.28. The van der Waals surface area contributed by atoms with Gasteiger partial charge in [-0.2, -0.15) is 13.2 Å². The van der Waals surface area contributed by atoms with Gasteiger partial charge in [-0.1, -0.05) is 6.07 Å². The van der Waals surface area contributed by atoms with E-state index in [0.717, 1.165) is 11.1 Å². The summed E-state index contributed by atoms with van der Waals surface area (Å²) in [7, 11) is 1.54. The van der Waals surface area contributed by atoms with Crippen LogP contribution in [0.2, 0.25) is 0 Å². The van der Waals surface area contributed by atoms with Gasteiger partial charge in [-0.15, -0.1) is 0 Å².